The Morgan fingerprint density at radius 1 is 0.550 bits per heavy atom. The highest BCUT2D eigenvalue weighted by Crippen LogP contribution is 2.15. The van der Waals surface area contributed by atoms with E-state index in [1.165, 1.54) is 122 Å². The number of rotatable bonds is 27. The number of anilines is 1. The Labute approximate surface area is 245 Å². The molecule has 1 rings (SSSR count). The van der Waals surface area contributed by atoms with Crippen LogP contribution in [0.25, 0.3) is 0 Å². The molecule has 1 aromatic carbocycles. The maximum absolute atomic E-state index is 11.9. The van der Waals surface area contributed by atoms with Gasteiger partial charge in [-0.3, -0.25) is 4.79 Å². The molecule has 0 aliphatic heterocycles. The minimum Gasteiger partial charge on any atom is -0.508 e. The summed E-state index contributed by atoms with van der Waals surface area (Å²) < 4.78 is 0. The Balaban J connectivity index is 1.74. The van der Waals surface area contributed by atoms with Gasteiger partial charge in [0.15, 0.2) is 0 Å². The zero-order valence-corrected chi connectivity index (χ0v) is 25.8. The molecule has 0 spiro atoms. The molecule has 0 saturated carbocycles. The smallest absolute Gasteiger partial charge is 0.314 e. The fourth-order valence-electron chi connectivity index (χ4n) is 5.03. The molecular weight excluding hydrogens is 498 g/mol. The van der Waals surface area contributed by atoms with E-state index in [4.69, 9.17) is 0 Å². The summed E-state index contributed by atoms with van der Waals surface area (Å²) in [5, 5.41) is 17.9. The van der Waals surface area contributed by atoms with E-state index in [0.29, 0.717) is 25.1 Å². The Morgan fingerprint density at radius 3 is 1.35 bits per heavy atom. The Morgan fingerprint density at radius 2 is 0.925 bits per heavy atom. The number of phenolic OH excluding ortho intramolecular Hbond substituents is 1. The van der Waals surface area contributed by atoms with Gasteiger partial charge in [-0.25, -0.2) is 4.79 Å². The zero-order chi connectivity index (χ0) is 28.9. The average molecular weight is 560 g/mol. The average Bonchev–Trinajstić information content (AvgIpc) is 2.95. The van der Waals surface area contributed by atoms with Gasteiger partial charge < -0.3 is 21.1 Å². The highest BCUT2D eigenvalue weighted by atomic mass is 16.3. The summed E-state index contributed by atoms with van der Waals surface area (Å²) >= 11 is 0. The van der Waals surface area contributed by atoms with E-state index in [1.807, 2.05) is 0 Å². The van der Waals surface area contributed by atoms with Crippen molar-refractivity contribution in [3.05, 3.63) is 24.3 Å². The maximum atomic E-state index is 11.9. The first kappa shape index (κ1) is 35.8. The number of benzene rings is 1. The molecule has 0 aromatic heterocycles. The molecule has 0 atom stereocenters. The monoisotopic (exact) mass is 559 g/mol. The standard InChI is InChI=1S/C34H61N3O3/c1-2-3-4-5-6-7-8-9-10-11-12-13-14-15-16-17-18-19-20-22-29-35-34(40)36-30-23-21-24-33(39)37-31-25-27-32(38)28-26-31/h25-28,38H,2-24,29-30H2,1H3,(H,37,39)(H2,35,36,40). The second-order valence-corrected chi connectivity index (χ2v) is 11.5. The molecule has 0 bridgehead atoms. The van der Waals surface area contributed by atoms with E-state index in [1.54, 1.807) is 24.3 Å². The number of carbonyl (C=O) groups is 2. The molecule has 0 fully saturated rings. The van der Waals surface area contributed by atoms with Crippen LogP contribution in [0.2, 0.25) is 0 Å². The summed E-state index contributed by atoms with van der Waals surface area (Å²) in [4.78, 5) is 23.8. The predicted molar refractivity (Wildman–Crippen MR) is 170 cm³/mol. The summed E-state index contributed by atoms with van der Waals surface area (Å²) in [6.07, 6.45) is 29.3. The largest absolute Gasteiger partial charge is 0.508 e. The molecule has 6 nitrogen and oxygen atoms in total. The van der Waals surface area contributed by atoms with Crippen LogP contribution in [-0.4, -0.2) is 30.1 Å². The lowest BCUT2D eigenvalue weighted by molar-refractivity contribution is -0.116. The van der Waals surface area contributed by atoms with Gasteiger partial charge in [-0.15, -0.1) is 0 Å². The van der Waals surface area contributed by atoms with E-state index >= 15 is 0 Å². The van der Waals surface area contributed by atoms with Crippen molar-refractivity contribution in [3.63, 3.8) is 0 Å². The molecule has 0 aliphatic carbocycles. The van der Waals surface area contributed by atoms with Crippen molar-refractivity contribution in [1.29, 1.82) is 0 Å². The molecule has 40 heavy (non-hydrogen) atoms. The SMILES string of the molecule is CCCCCCCCCCCCCCCCCCCCCCNC(=O)NCCCCC(=O)Nc1ccc(O)cc1. The number of amides is 3. The highest BCUT2D eigenvalue weighted by molar-refractivity contribution is 5.90. The second-order valence-electron chi connectivity index (χ2n) is 11.5. The van der Waals surface area contributed by atoms with Crippen molar-refractivity contribution in [2.75, 3.05) is 18.4 Å². The van der Waals surface area contributed by atoms with E-state index in [9.17, 15) is 14.7 Å². The summed E-state index contributed by atoms with van der Waals surface area (Å²) in [5.41, 5.74) is 0.672. The van der Waals surface area contributed by atoms with Gasteiger partial charge in [0.25, 0.3) is 0 Å². The number of carbonyl (C=O) groups excluding carboxylic acids is 2. The van der Waals surface area contributed by atoms with Gasteiger partial charge in [-0.05, 0) is 43.5 Å². The first-order chi connectivity index (χ1) is 19.6. The van der Waals surface area contributed by atoms with Gasteiger partial charge in [-0.2, -0.15) is 0 Å². The molecule has 1 aromatic rings. The van der Waals surface area contributed by atoms with Crippen molar-refractivity contribution >= 4 is 17.6 Å². The summed E-state index contributed by atoms with van der Waals surface area (Å²) in [6, 6.07) is 6.30. The van der Waals surface area contributed by atoms with Gasteiger partial charge in [0.2, 0.25) is 5.91 Å². The third kappa shape index (κ3) is 23.6. The number of unbranched alkanes of at least 4 members (excludes halogenated alkanes) is 20. The Kier molecular flexibility index (Phi) is 24.1. The maximum Gasteiger partial charge on any atom is 0.314 e. The van der Waals surface area contributed by atoms with Crippen molar-refractivity contribution in [1.82, 2.24) is 10.6 Å². The van der Waals surface area contributed by atoms with E-state index in [0.717, 1.165) is 19.4 Å². The molecule has 6 heteroatoms. The number of hydrogen-bond acceptors (Lipinski definition) is 3. The molecule has 0 saturated heterocycles. The summed E-state index contributed by atoms with van der Waals surface area (Å²) in [7, 11) is 0. The minimum atomic E-state index is -0.119. The van der Waals surface area contributed by atoms with Crippen molar-refractivity contribution in [3.8, 4) is 5.75 Å². The van der Waals surface area contributed by atoms with E-state index in [2.05, 4.69) is 22.9 Å². The quantitative estimate of drug-likeness (QED) is 0.0639. The second kappa shape index (κ2) is 27.0. The summed E-state index contributed by atoms with van der Waals surface area (Å²) in [5.74, 6) is 0.114. The lowest BCUT2D eigenvalue weighted by Gasteiger charge is -2.08. The highest BCUT2D eigenvalue weighted by Gasteiger charge is 2.04. The van der Waals surface area contributed by atoms with Crippen LogP contribution < -0.4 is 16.0 Å². The van der Waals surface area contributed by atoms with Gasteiger partial charge in [0, 0.05) is 25.2 Å². The van der Waals surface area contributed by atoms with Crippen LogP contribution in [0.5, 0.6) is 5.75 Å². The fraction of sp³-hybridized carbons (Fsp3) is 0.765. The molecule has 3 amide bonds. The van der Waals surface area contributed by atoms with Crippen LogP contribution in [0.1, 0.15) is 155 Å². The first-order valence-electron chi connectivity index (χ1n) is 16.7. The third-order valence-electron chi connectivity index (χ3n) is 7.58. The molecular formula is C34H61N3O3. The van der Waals surface area contributed by atoms with Crippen LogP contribution in [-0.2, 0) is 4.79 Å². The summed E-state index contributed by atoms with van der Waals surface area (Å²) in [6.45, 7) is 3.57. The van der Waals surface area contributed by atoms with Crippen LogP contribution in [0.15, 0.2) is 24.3 Å². The normalized spacial score (nSPS) is 10.9. The van der Waals surface area contributed by atoms with Crippen LogP contribution in [0.4, 0.5) is 10.5 Å². The molecule has 0 aliphatic rings. The van der Waals surface area contributed by atoms with Gasteiger partial charge in [0.05, 0.1) is 0 Å². The minimum absolute atomic E-state index is 0.0604. The molecule has 4 N–H and O–H groups in total. The Hall–Kier alpha value is -2.24. The third-order valence-corrected chi connectivity index (χ3v) is 7.58. The zero-order valence-electron chi connectivity index (χ0n) is 25.8. The van der Waals surface area contributed by atoms with Crippen molar-refractivity contribution in [2.45, 2.75) is 155 Å². The van der Waals surface area contributed by atoms with Crippen LogP contribution in [0.3, 0.4) is 0 Å². The first-order valence-corrected chi connectivity index (χ1v) is 16.7. The predicted octanol–water partition coefficient (Wildman–Crippen LogP) is 9.62. The number of phenols is 1. The number of aromatic hydroxyl groups is 1. The van der Waals surface area contributed by atoms with Crippen LogP contribution >= 0.6 is 0 Å². The topological polar surface area (TPSA) is 90.5 Å². The number of hydrogen-bond donors (Lipinski definition) is 4. The number of urea groups is 1. The van der Waals surface area contributed by atoms with Crippen molar-refractivity contribution < 1.29 is 14.7 Å². The lowest BCUT2D eigenvalue weighted by atomic mass is 10.0. The molecule has 0 heterocycles. The molecule has 0 radical (unpaired) electrons. The number of nitrogens with one attached hydrogen (secondary N) is 3. The van der Waals surface area contributed by atoms with E-state index in [-0.39, 0.29) is 17.7 Å². The Bertz CT molecular complexity index is 724. The van der Waals surface area contributed by atoms with E-state index < -0.39 is 0 Å². The fourth-order valence-corrected chi connectivity index (χ4v) is 5.03. The lowest BCUT2D eigenvalue weighted by Crippen LogP contribution is -2.36. The van der Waals surface area contributed by atoms with Crippen LogP contribution in [0, 0.1) is 0 Å². The van der Waals surface area contributed by atoms with Crippen molar-refractivity contribution in [2.24, 2.45) is 0 Å². The van der Waals surface area contributed by atoms with Gasteiger partial charge in [-0.1, -0.05) is 129 Å². The van der Waals surface area contributed by atoms with Gasteiger partial charge >= 0.3 is 6.03 Å². The van der Waals surface area contributed by atoms with Gasteiger partial charge in [0.1, 0.15) is 5.75 Å². The molecule has 0 unspecified atom stereocenters. The molecule has 230 valence electrons.